The van der Waals surface area contributed by atoms with Gasteiger partial charge in [0.1, 0.15) is 18.1 Å². The Morgan fingerprint density at radius 2 is 2.10 bits per heavy atom. The quantitative estimate of drug-likeness (QED) is 0.216. The van der Waals surface area contributed by atoms with E-state index in [9.17, 15) is 23.3 Å². The van der Waals surface area contributed by atoms with Gasteiger partial charge in [-0.05, 0) is 30.8 Å². The Kier molecular flexibility index (Phi) is 7.45. The molecule has 1 heterocycles. The Morgan fingerprint density at radius 3 is 2.72 bits per heavy atom. The van der Waals surface area contributed by atoms with Gasteiger partial charge in [0, 0.05) is 31.8 Å². The van der Waals surface area contributed by atoms with Gasteiger partial charge in [-0.15, -0.1) is 0 Å². The van der Waals surface area contributed by atoms with Crippen LogP contribution in [0.5, 0.6) is 0 Å². The molecule has 1 aromatic heterocycles. The highest BCUT2D eigenvalue weighted by atomic mass is 32.2. The Hall–Kier alpha value is -2.80. The number of carbonyl (C=O) groups excluding carboxylic acids is 1. The smallest absolute Gasteiger partial charge is 0.293 e. The van der Waals surface area contributed by atoms with E-state index in [1.54, 1.807) is 4.57 Å². The van der Waals surface area contributed by atoms with Crippen LogP contribution in [0.2, 0.25) is 0 Å². The molecule has 158 valence electrons. The summed E-state index contributed by atoms with van der Waals surface area (Å²) < 4.78 is 25.1. The highest BCUT2D eigenvalue weighted by Gasteiger charge is 2.18. The molecule has 0 atom stereocenters. The van der Waals surface area contributed by atoms with Crippen molar-refractivity contribution in [3.05, 3.63) is 38.9 Å². The molecule has 3 N–H and O–H groups in total. The molecule has 2 rings (SSSR count). The largest absolute Gasteiger partial charge is 0.378 e. The minimum Gasteiger partial charge on any atom is -0.378 e. The second-order valence-electron chi connectivity index (χ2n) is 6.27. The number of amides is 1. The van der Waals surface area contributed by atoms with Gasteiger partial charge < -0.3 is 10.6 Å². The maximum Gasteiger partial charge on any atom is 0.293 e. The van der Waals surface area contributed by atoms with Crippen molar-refractivity contribution in [2.45, 2.75) is 31.2 Å². The number of nitrogens with zero attached hydrogens (tertiary/aromatic N) is 3. The number of aryl methyl sites for hydroxylation is 1. The first kappa shape index (κ1) is 22.5. The van der Waals surface area contributed by atoms with Crippen molar-refractivity contribution in [1.29, 1.82) is 0 Å². The second-order valence-corrected chi connectivity index (χ2v) is 8.67. The number of aromatic nitrogens is 3. The number of hydrogen-bond acceptors (Lipinski definition) is 8. The van der Waals surface area contributed by atoms with Crippen LogP contribution in [0.3, 0.4) is 0 Å². The maximum atomic E-state index is 12.1. The van der Waals surface area contributed by atoms with E-state index in [1.807, 2.05) is 6.92 Å². The summed E-state index contributed by atoms with van der Waals surface area (Å²) in [4.78, 5) is 22.6. The number of carbonyl (C=O) groups is 1. The van der Waals surface area contributed by atoms with E-state index >= 15 is 0 Å². The number of anilines is 1. The van der Waals surface area contributed by atoms with E-state index in [0.29, 0.717) is 17.0 Å². The van der Waals surface area contributed by atoms with E-state index in [-0.39, 0.29) is 41.8 Å². The van der Waals surface area contributed by atoms with Crippen LogP contribution in [0.1, 0.15) is 19.2 Å². The first-order chi connectivity index (χ1) is 13.6. The lowest BCUT2D eigenvalue weighted by molar-refractivity contribution is -0.384. The number of benzene rings is 1. The lowest BCUT2D eigenvalue weighted by Crippen LogP contribution is -2.32. The van der Waals surface area contributed by atoms with Gasteiger partial charge in [0.05, 0.1) is 9.82 Å². The van der Waals surface area contributed by atoms with Gasteiger partial charge in [0.2, 0.25) is 5.91 Å². The van der Waals surface area contributed by atoms with Crippen molar-refractivity contribution in [2.75, 3.05) is 24.7 Å². The van der Waals surface area contributed by atoms with Gasteiger partial charge in [-0.25, -0.2) is 8.42 Å². The molecule has 0 saturated carbocycles. The SMILES string of the molecule is CCCc1n[nH]c(=S)n1CC(=O)NCCNc1ccc(S(C)(=O)=O)cc1[N+](=O)[O-]. The third-order valence-corrected chi connectivity index (χ3v) is 5.39. The summed E-state index contributed by atoms with van der Waals surface area (Å²) >= 11 is 5.13. The summed E-state index contributed by atoms with van der Waals surface area (Å²) in [5, 5.41) is 23.5. The summed E-state index contributed by atoms with van der Waals surface area (Å²) in [5.41, 5.74) is -0.188. The van der Waals surface area contributed by atoms with Crippen molar-refractivity contribution in [3.63, 3.8) is 0 Å². The molecular formula is C16H22N6O5S2. The summed E-state index contributed by atoms with van der Waals surface area (Å²) in [6, 6.07) is 3.63. The molecule has 1 amide bonds. The molecule has 1 aromatic carbocycles. The average Bonchev–Trinajstić information content (AvgIpc) is 2.98. The summed E-state index contributed by atoms with van der Waals surface area (Å²) in [6.45, 7) is 2.44. The van der Waals surface area contributed by atoms with Gasteiger partial charge in [0.15, 0.2) is 14.6 Å². The monoisotopic (exact) mass is 442 g/mol. The first-order valence-electron chi connectivity index (χ1n) is 8.76. The zero-order chi connectivity index (χ0) is 21.6. The average molecular weight is 443 g/mol. The topological polar surface area (TPSA) is 152 Å². The number of H-pyrrole nitrogens is 1. The zero-order valence-corrected chi connectivity index (χ0v) is 17.6. The fourth-order valence-electron chi connectivity index (χ4n) is 2.57. The Morgan fingerprint density at radius 1 is 1.38 bits per heavy atom. The van der Waals surface area contributed by atoms with Gasteiger partial charge in [-0.1, -0.05) is 6.92 Å². The van der Waals surface area contributed by atoms with Crippen LogP contribution >= 0.6 is 12.2 Å². The number of hydrogen-bond donors (Lipinski definition) is 3. The van der Waals surface area contributed by atoms with E-state index in [0.717, 1.165) is 18.7 Å². The third kappa shape index (κ3) is 6.09. The fourth-order valence-corrected chi connectivity index (χ4v) is 3.43. The van der Waals surface area contributed by atoms with Gasteiger partial charge in [-0.3, -0.25) is 24.6 Å². The molecule has 11 nitrogen and oxygen atoms in total. The van der Waals surface area contributed by atoms with Crippen molar-refractivity contribution in [1.82, 2.24) is 20.1 Å². The van der Waals surface area contributed by atoms with E-state index < -0.39 is 14.8 Å². The number of aromatic amines is 1. The molecule has 13 heteroatoms. The molecule has 0 saturated heterocycles. The number of rotatable bonds is 10. The molecule has 0 unspecified atom stereocenters. The van der Waals surface area contributed by atoms with Crippen molar-refractivity contribution in [3.8, 4) is 0 Å². The van der Waals surface area contributed by atoms with Crippen LogP contribution in [-0.4, -0.2) is 53.4 Å². The molecular weight excluding hydrogens is 420 g/mol. The van der Waals surface area contributed by atoms with Crippen LogP contribution < -0.4 is 10.6 Å². The maximum absolute atomic E-state index is 12.1. The van der Waals surface area contributed by atoms with Crippen LogP contribution in [0, 0.1) is 14.9 Å². The Bertz CT molecular complexity index is 1060. The van der Waals surface area contributed by atoms with E-state index in [1.165, 1.54) is 12.1 Å². The summed E-state index contributed by atoms with van der Waals surface area (Å²) in [5.74, 6) is 0.427. The van der Waals surface area contributed by atoms with Gasteiger partial charge >= 0.3 is 0 Å². The molecule has 0 aliphatic carbocycles. The molecule has 0 fully saturated rings. The van der Waals surface area contributed by atoms with Crippen LogP contribution in [-0.2, 0) is 27.6 Å². The van der Waals surface area contributed by atoms with Crippen LogP contribution in [0.15, 0.2) is 23.1 Å². The van der Waals surface area contributed by atoms with Gasteiger partial charge in [0.25, 0.3) is 5.69 Å². The minimum absolute atomic E-state index is 0.0217. The van der Waals surface area contributed by atoms with Crippen molar-refractivity contribution < 1.29 is 18.1 Å². The predicted octanol–water partition coefficient (Wildman–Crippen LogP) is 1.43. The third-order valence-electron chi connectivity index (χ3n) is 3.97. The normalized spacial score (nSPS) is 11.2. The fraction of sp³-hybridized carbons (Fsp3) is 0.438. The summed E-state index contributed by atoms with van der Waals surface area (Å²) in [7, 11) is -3.56. The number of nitro benzene ring substituents is 1. The van der Waals surface area contributed by atoms with E-state index in [4.69, 9.17) is 12.2 Å². The van der Waals surface area contributed by atoms with Crippen molar-refractivity contribution in [2.24, 2.45) is 0 Å². The predicted molar refractivity (Wildman–Crippen MR) is 109 cm³/mol. The molecule has 0 aliphatic heterocycles. The molecule has 0 aliphatic rings. The summed E-state index contributed by atoms with van der Waals surface area (Å²) in [6.07, 6.45) is 2.53. The Labute approximate surface area is 172 Å². The molecule has 2 aromatic rings. The van der Waals surface area contributed by atoms with Gasteiger partial charge in [-0.2, -0.15) is 5.10 Å². The highest BCUT2D eigenvalue weighted by Crippen LogP contribution is 2.27. The zero-order valence-electron chi connectivity index (χ0n) is 16.0. The number of sulfone groups is 1. The molecule has 29 heavy (non-hydrogen) atoms. The number of nitro groups is 1. The number of nitrogens with one attached hydrogen (secondary N) is 3. The van der Waals surface area contributed by atoms with Crippen LogP contribution in [0.25, 0.3) is 0 Å². The van der Waals surface area contributed by atoms with E-state index in [2.05, 4.69) is 20.8 Å². The minimum atomic E-state index is -3.56. The lowest BCUT2D eigenvalue weighted by Gasteiger charge is -2.10. The molecule has 0 spiro atoms. The van der Waals surface area contributed by atoms with Crippen LogP contribution in [0.4, 0.5) is 11.4 Å². The molecule has 0 radical (unpaired) electrons. The second kappa shape index (κ2) is 9.60. The Balaban J connectivity index is 1.94. The first-order valence-corrected chi connectivity index (χ1v) is 11.1. The lowest BCUT2D eigenvalue weighted by atomic mass is 10.2. The standard InChI is InChI=1S/C16H22N6O5S2/c1-3-4-14-19-20-16(28)21(14)10-15(23)18-8-7-17-12-6-5-11(29(2,26)27)9-13(12)22(24)25/h5-6,9,17H,3-4,7-8,10H2,1-2H3,(H,18,23)(H,20,28). The van der Waals surface area contributed by atoms with Crippen molar-refractivity contribution >= 4 is 39.3 Å². The molecule has 0 bridgehead atoms. The highest BCUT2D eigenvalue weighted by molar-refractivity contribution is 7.90.